The maximum Gasteiger partial charge on any atom is 0.234 e. The molecular formula is C22H24Cl2N4O2S. The Kier molecular flexibility index (Phi) is 8.23. The summed E-state index contributed by atoms with van der Waals surface area (Å²) in [6.07, 6.45) is 2.72. The van der Waals surface area contributed by atoms with E-state index in [9.17, 15) is 4.79 Å². The highest BCUT2D eigenvalue weighted by Gasteiger charge is 2.12. The van der Waals surface area contributed by atoms with Crippen LogP contribution < -0.4 is 10.1 Å². The van der Waals surface area contributed by atoms with E-state index in [2.05, 4.69) is 27.6 Å². The number of nitrogens with zero attached hydrogens (tertiary/aromatic N) is 3. The molecule has 0 atom stereocenters. The van der Waals surface area contributed by atoms with E-state index in [0.717, 1.165) is 36.4 Å². The van der Waals surface area contributed by atoms with Gasteiger partial charge in [-0.3, -0.25) is 4.79 Å². The van der Waals surface area contributed by atoms with Crippen LogP contribution in [0.3, 0.4) is 0 Å². The fourth-order valence-corrected chi connectivity index (χ4v) is 4.16. The van der Waals surface area contributed by atoms with Crippen molar-refractivity contribution in [2.24, 2.45) is 7.05 Å². The van der Waals surface area contributed by atoms with Gasteiger partial charge in [0.1, 0.15) is 11.6 Å². The molecule has 1 aromatic heterocycles. The average molecular weight is 479 g/mol. The zero-order valence-electron chi connectivity index (χ0n) is 17.6. The molecule has 164 valence electrons. The first-order valence-corrected chi connectivity index (χ1v) is 11.5. The van der Waals surface area contributed by atoms with Gasteiger partial charge in [-0.1, -0.05) is 47.1 Å². The Bertz CT molecular complexity index is 1070. The van der Waals surface area contributed by atoms with Crippen molar-refractivity contribution in [2.45, 2.75) is 31.3 Å². The van der Waals surface area contributed by atoms with Gasteiger partial charge in [0.25, 0.3) is 0 Å². The molecule has 9 heteroatoms. The number of aryl methyl sites for hydroxylation is 3. The summed E-state index contributed by atoms with van der Waals surface area (Å²) in [6.45, 7) is 2.05. The van der Waals surface area contributed by atoms with Gasteiger partial charge in [0.05, 0.1) is 22.9 Å². The van der Waals surface area contributed by atoms with Gasteiger partial charge in [0.2, 0.25) is 5.91 Å². The van der Waals surface area contributed by atoms with Crippen molar-refractivity contribution in [2.75, 3.05) is 18.2 Å². The minimum absolute atomic E-state index is 0.150. The minimum atomic E-state index is -0.150. The molecule has 0 saturated carbocycles. The molecule has 31 heavy (non-hydrogen) atoms. The molecule has 0 saturated heterocycles. The van der Waals surface area contributed by atoms with Crippen LogP contribution in [-0.2, 0) is 24.7 Å². The first-order valence-electron chi connectivity index (χ1n) is 9.77. The normalized spacial score (nSPS) is 10.9. The molecule has 0 fully saturated rings. The maximum atomic E-state index is 12.2. The second kappa shape index (κ2) is 10.9. The van der Waals surface area contributed by atoms with E-state index in [1.54, 1.807) is 25.3 Å². The van der Waals surface area contributed by atoms with Crippen LogP contribution in [0.1, 0.15) is 23.4 Å². The lowest BCUT2D eigenvalue weighted by Crippen LogP contribution is -2.14. The number of carbonyl (C=O) groups is 1. The van der Waals surface area contributed by atoms with Crippen LogP contribution in [0.25, 0.3) is 0 Å². The second-order valence-electron chi connectivity index (χ2n) is 7.08. The third kappa shape index (κ3) is 6.38. The van der Waals surface area contributed by atoms with Crippen LogP contribution in [0, 0.1) is 6.92 Å². The Labute approximate surface area is 196 Å². The Hall–Kier alpha value is -2.22. The zero-order chi connectivity index (χ0) is 22.4. The quantitative estimate of drug-likeness (QED) is 0.420. The van der Waals surface area contributed by atoms with E-state index in [4.69, 9.17) is 27.9 Å². The summed E-state index contributed by atoms with van der Waals surface area (Å²) in [5.41, 5.74) is 3.01. The number of carbonyl (C=O) groups excluding carboxylic acids is 1. The summed E-state index contributed by atoms with van der Waals surface area (Å²) in [5.74, 6) is 1.87. The molecule has 0 aliphatic heterocycles. The summed E-state index contributed by atoms with van der Waals surface area (Å²) in [6, 6.07) is 11.2. The topological polar surface area (TPSA) is 69.0 Å². The van der Waals surface area contributed by atoms with Gasteiger partial charge in [-0.15, -0.1) is 10.2 Å². The van der Waals surface area contributed by atoms with Crippen molar-refractivity contribution in [1.82, 2.24) is 14.8 Å². The van der Waals surface area contributed by atoms with Crippen molar-refractivity contribution in [3.05, 3.63) is 63.4 Å². The number of ether oxygens (including phenoxy) is 1. The van der Waals surface area contributed by atoms with Gasteiger partial charge in [-0.05, 0) is 55.2 Å². The van der Waals surface area contributed by atoms with Crippen molar-refractivity contribution < 1.29 is 9.53 Å². The summed E-state index contributed by atoms with van der Waals surface area (Å²) in [5, 5.41) is 12.9. The molecule has 1 heterocycles. The van der Waals surface area contributed by atoms with Gasteiger partial charge in [0.15, 0.2) is 5.16 Å². The van der Waals surface area contributed by atoms with E-state index >= 15 is 0 Å². The Morgan fingerprint density at radius 1 is 1.13 bits per heavy atom. The zero-order valence-corrected chi connectivity index (χ0v) is 19.9. The number of thioether (sulfide) groups is 1. The van der Waals surface area contributed by atoms with Gasteiger partial charge >= 0.3 is 0 Å². The molecule has 1 N–H and O–H groups in total. The molecule has 2 aromatic carbocycles. The van der Waals surface area contributed by atoms with Crippen molar-refractivity contribution >= 4 is 46.6 Å². The number of anilines is 1. The summed E-state index contributed by atoms with van der Waals surface area (Å²) in [4.78, 5) is 12.2. The van der Waals surface area contributed by atoms with E-state index in [0.29, 0.717) is 20.9 Å². The number of hydrogen-bond acceptors (Lipinski definition) is 5. The largest absolute Gasteiger partial charge is 0.496 e. The molecule has 0 spiro atoms. The second-order valence-corrected chi connectivity index (χ2v) is 8.84. The Morgan fingerprint density at radius 3 is 2.65 bits per heavy atom. The van der Waals surface area contributed by atoms with Crippen molar-refractivity contribution in [3.8, 4) is 5.75 Å². The maximum absolute atomic E-state index is 12.2. The Morgan fingerprint density at radius 2 is 1.94 bits per heavy atom. The van der Waals surface area contributed by atoms with Crippen LogP contribution in [-0.4, -0.2) is 33.5 Å². The average Bonchev–Trinajstić information content (AvgIpc) is 3.09. The predicted octanol–water partition coefficient (Wildman–Crippen LogP) is 5.35. The van der Waals surface area contributed by atoms with E-state index in [-0.39, 0.29) is 11.7 Å². The number of rotatable bonds is 9. The molecule has 0 bridgehead atoms. The van der Waals surface area contributed by atoms with Gasteiger partial charge in [-0.2, -0.15) is 0 Å². The molecule has 1 amide bonds. The number of nitrogens with one attached hydrogen (secondary N) is 1. The molecule has 3 rings (SSSR count). The van der Waals surface area contributed by atoms with Crippen molar-refractivity contribution in [1.29, 1.82) is 0 Å². The molecule has 3 aromatic rings. The first kappa shape index (κ1) is 23.4. The van der Waals surface area contributed by atoms with Gasteiger partial charge in [0, 0.05) is 19.2 Å². The van der Waals surface area contributed by atoms with Crippen molar-refractivity contribution in [3.63, 3.8) is 0 Å². The standard InChI is InChI=1S/C22H24Cl2N4O2S/c1-14-11-15(7-10-19(14)30-3)5-4-6-20-26-27-22(28(20)2)31-13-21(29)25-16-8-9-17(23)18(24)12-16/h7-12H,4-6,13H2,1-3H3,(H,25,29). The fourth-order valence-electron chi connectivity index (χ4n) is 3.14. The molecule has 0 unspecified atom stereocenters. The number of aromatic nitrogens is 3. The molecule has 0 aliphatic rings. The third-order valence-electron chi connectivity index (χ3n) is 4.79. The van der Waals surface area contributed by atoms with E-state index in [1.807, 2.05) is 24.6 Å². The molecule has 0 radical (unpaired) electrons. The minimum Gasteiger partial charge on any atom is -0.496 e. The first-order chi connectivity index (χ1) is 14.9. The third-order valence-corrected chi connectivity index (χ3v) is 6.55. The van der Waals surface area contributed by atoms with Crippen LogP contribution in [0.5, 0.6) is 5.75 Å². The number of amides is 1. The number of benzene rings is 2. The van der Waals surface area contributed by atoms with E-state index < -0.39 is 0 Å². The summed E-state index contributed by atoms with van der Waals surface area (Å²) < 4.78 is 7.25. The van der Waals surface area contributed by atoms with Crippen LogP contribution in [0.4, 0.5) is 5.69 Å². The number of methoxy groups -OCH3 is 1. The number of halogens is 2. The highest BCUT2D eigenvalue weighted by atomic mass is 35.5. The lowest BCUT2D eigenvalue weighted by atomic mass is 10.0. The monoisotopic (exact) mass is 478 g/mol. The molecule has 6 nitrogen and oxygen atoms in total. The summed E-state index contributed by atoms with van der Waals surface area (Å²) >= 11 is 13.2. The lowest BCUT2D eigenvalue weighted by molar-refractivity contribution is -0.113. The fraction of sp³-hybridized carbons (Fsp3) is 0.318. The SMILES string of the molecule is COc1ccc(CCCc2nnc(SCC(=O)Nc3ccc(Cl)c(Cl)c3)n2C)cc1C. The number of hydrogen-bond donors (Lipinski definition) is 1. The van der Waals surface area contributed by atoms with Crippen LogP contribution in [0.15, 0.2) is 41.6 Å². The van der Waals surface area contributed by atoms with Crippen LogP contribution in [0.2, 0.25) is 10.0 Å². The predicted molar refractivity (Wildman–Crippen MR) is 127 cm³/mol. The molecule has 0 aliphatic carbocycles. The lowest BCUT2D eigenvalue weighted by Gasteiger charge is -2.08. The summed E-state index contributed by atoms with van der Waals surface area (Å²) in [7, 11) is 3.61. The highest BCUT2D eigenvalue weighted by Crippen LogP contribution is 2.25. The van der Waals surface area contributed by atoms with Gasteiger partial charge in [-0.25, -0.2) is 0 Å². The van der Waals surface area contributed by atoms with Gasteiger partial charge < -0.3 is 14.6 Å². The molecular weight excluding hydrogens is 455 g/mol. The highest BCUT2D eigenvalue weighted by molar-refractivity contribution is 7.99. The van der Waals surface area contributed by atoms with E-state index in [1.165, 1.54) is 17.3 Å². The Balaban J connectivity index is 1.48. The van der Waals surface area contributed by atoms with Crippen LogP contribution >= 0.6 is 35.0 Å². The smallest absolute Gasteiger partial charge is 0.234 e.